The second kappa shape index (κ2) is 7.42. The Hall–Kier alpha value is -2.83. The number of carbonyl (C=O) groups excluding carboxylic acids is 1. The van der Waals surface area contributed by atoms with E-state index in [4.69, 9.17) is 11.6 Å². The molecule has 0 saturated carbocycles. The maximum absolute atomic E-state index is 13.5. The summed E-state index contributed by atoms with van der Waals surface area (Å²) < 4.78 is 14.2. The molecule has 0 N–H and O–H groups in total. The molecule has 134 valence electrons. The van der Waals surface area contributed by atoms with Crippen LogP contribution < -0.4 is 4.90 Å². The van der Waals surface area contributed by atoms with Crippen molar-refractivity contribution in [2.45, 2.75) is 6.54 Å². The van der Waals surface area contributed by atoms with Gasteiger partial charge in [0, 0.05) is 12.4 Å². The van der Waals surface area contributed by atoms with Gasteiger partial charge in [-0.15, -0.1) is 0 Å². The van der Waals surface area contributed by atoms with Gasteiger partial charge >= 0.3 is 0 Å². The highest BCUT2D eigenvalue weighted by Gasteiger charge is 2.23. The van der Waals surface area contributed by atoms with Gasteiger partial charge in [0.2, 0.25) is 0 Å². The fourth-order valence-electron chi connectivity index (χ4n) is 2.68. The molecule has 2 aromatic heterocycles. The predicted molar refractivity (Wildman–Crippen MR) is 106 cm³/mol. The highest BCUT2D eigenvalue weighted by molar-refractivity contribution is 7.22. The molecule has 4 nitrogen and oxygen atoms in total. The van der Waals surface area contributed by atoms with Crippen molar-refractivity contribution in [2.75, 3.05) is 4.90 Å². The molecule has 1 amide bonds. The lowest BCUT2D eigenvalue weighted by molar-refractivity contribution is 0.0985. The number of amides is 1. The number of hydrogen-bond donors (Lipinski definition) is 0. The molecule has 2 heterocycles. The van der Waals surface area contributed by atoms with Crippen LogP contribution in [-0.2, 0) is 6.54 Å². The standard InChI is InChI=1S/C20H13ClFN3OS/c21-16-6-2-1-5-15(16)19(26)25(12-13-4-3-9-23-11-13)20-24-17-8-7-14(22)10-18(17)27-20/h1-11H,12H2. The summed E-state index contributed by atoms with van der Waals surface area (Å²) in [6.07, 6.45) is 3.37. The molecule has 7 heteroatoms. The maximum Gasteiger partial charge on any atom is 0.261 e. The molecule has 0 spiro atoms. The van der Waals surface area contributed by atoms with E-state index in [-0.39, 0.29) is 18.3 Å². The van der Waals surface area contributed by atoms with Crippen LogP contribution in [0.5, 0.6) is 0 Å². The third-order valence-corrected chi connectivity index (χ3v) is 5.35. The number of pyridine rings is 1. The molecular weight excluding hydrogens is 385 g/mol. The van der Waals surface area contributed by atoms with Crippen molar-refractivity contribution in [3.05, 3.63) is 89.0 Å². The van der Waals surface area contributed by atoms with E-state index >= 15 is 0 Å². The van der Waals surface area contributed by atoms with Gasteiger partial charge in [-0.25, -0.2) is 9.37 Å². The topological polar surface area (TPSA) is 46.1 Å². The molecule has 2 aromatic carbocycles. The number of carbonyl (C=O) groups is 1. The van der Waals surface area contributed by atoms with E-state index in [1.54, 1.807) is 53.7 Å². The second-order valence-corrected chi connectivity index (χ2v) is 7.26. The van der Waals surface area contributed by atoms with Gasteiger partial charge in [-0.2, -0.15) is 0 Å². The Bertz CT molecular complexity index is 1120. The van der Waals surface area contributed by atoms with Crippen LogP contribution in [-0.4, -0.2) is 15.9 Å². The Kier molecular flexibility index (Phi) is 4.83. The van der Waals surface area contributed by atoms with E-state index in [0.717, 1.165) is 5.56 Å². The smallest absolute Gasteiger partial charge is 0.261 e. The minimum Gasteiger partial charge on any atom is -0.279 e. The Balaban J connectivity index is 1.79. The molecule has 0 radical (unpaired) electrons. The minimum atomic E-state index is -0.339. The van der Waals surface area contributed by atoms with Crippen molar-refractivity contribution in [2.24, 2.45) is 0 Å². The lowest BCUT2D eigenvalue weighted by atomic mass is 10.2. The molecule has 27 heavy (non-hydrogen) atoms. The summed E-state index contributed by atoms with van der Waals surface area (Å²) in [7, 11) is 0. The summed E-state index contributed by atoms with van der Waals surface area (Å²) in [4.78, 5) is 23.4. The number of anilines is 1. The molecular formula is C20H13ClFN3OS. The van der Waals surface area contributed by atoms with Gasteiger partial charge in [-0.1, -0.05) is 41.1 Å². The molecule has 0 atom stereocenters. The third-order valence-electron chi connectivity index (χ3n) is 3.98. The van der Waals surface area contributed by atoms with Crippen LogP contribution >= 0.6 is 22.9 Å². The van der Waals surface area contributed by atoms with E-state index < -0.39 is 0 Å². The maximum atomic E-state index is 13.5. The lowest BCUT2D eigenvalue weighted by Crippen LogP contribution is -2.30. The predicted octanol–water partition coefficient (Wildman–Crippen LogP) is 5.33. The van der Waals surface area contributed by atoms with Crippen LogP contribution in [0.4, 0.5) is 9.52 Å². The Morgan fingerprint density at radius 3 is 2.78 bits per heavy atom. The molecule has 0 aliphatic rings. The first-order valence-corrected chi connectivity index (χ1v) is 9.32. The van der Waals surface area contributed by atoms with Crippen LogP contribution in [0.15, 0.2) is 67.0 Å². The summed E-state index contributed by atoms with van der Waals surface area (Å²) in [5.74, 6) is -0.613. The van der Waals surface area contributed by atoms with Gasteiger partial charge in [-0.3, -0.25) is 14.7 Å². The third kappa shape index (κ3) is 3.67. The molecule has 0 aliphatic heterocycles. The summed E-state index contributed by atoms with van der Waals surface area (Å²) in [5.41, 5.74) is 1.87. The number of fused-ring (bicyclic) bond motifs is 1. The van der Waals surface area contributed by atoms with Crippen molar-refractivity contribution in [1.29, 1.82) is 0 Å². The average molecular weight is 398 g/mol. The summed E-state index contributed by atoms with van der Waals surface area (Å²) in [6, 6.07) is 14.9. The quantitative estimate of drug-likeness (QED) is 0.467. The number of rotatable bonds is 4. The highest BCUT2D eigenvalue weighted by atomic mass is 35.5. The van der Waals surface area contributed by atoms with Crippen LogP contribution in [0.1, 0.15) is 15.9 Å². The largest absolute Gasteiger partial charge is 0.279 e. The van der Waals surface area contributed by atoms with E-state index in [1.807, 2.05) is 6.07 Å². The summed E-state index contributed by atoms with van der Waals surface area (Å²) in [5, 5.41) is 0.843. The number of halogens is 2. The van der Waals surface area contributed by atoms with Crippen molar-refractivity contribution in [3.63, 3.8) is 0 Å². The van der Waals surface area contributed by atoms with Crippen LogP contribution in [0.25, 0.3) is 10.2 Å². The highest BCUT2D eigenvalue weighted by Crippen LogP contribution is 2.32. The number of nitrogens with zero attached hydrogens (tertiary/aromatic N) is 3. The zero-order valence-corrected chi connectivity index (χ0v) is 15.5. The minimum absolute atomic E-state index is 0.274. The van der Waals surface area contributed by atoms with Crippen molar-refractivity contribution >= 4 is 44.2 Å². The fraction of sp³-hybridized carbons (Fsp3) is 0.0500. The first-order chi connectivity index (χ1) is 13.1. The monoisotopic (exact) mass is 397 g/mol. The number of thiazole rings is 1. The lowest BCUT2D eigenvalue weighted by Gasteiger charge is -2.20. The van der Waals surface area contributed by atoms with Crippen LogP contribution in [0, 0.1) is 5.82 Å². The van der Waals surface area contributed by atoms with E-state index in [2.05, 4.69) is 9.97 Å². The van der Waals surface area contributed by atoms with Gasteiger partial charge in [-0.05, 0) is 42.0 Å². The zero-order valence-electron chi connectivity index (χ0n) is 14.0. The average Bonchev–Trinajstić information content (AvgIpc) is 3.09. The van der Waals surface area contributed by atoms with E-state index in [1.165, 1.54) is 23.5 Å². The van der Waals surface area contributed by atoms with E-state index in [9.17, 15) is 9.18 Å². The zero-order chi connectivity index (χ0) is 18.8. The molecule has 0 saturated heterocycles. The van der Waals surface area contributed by atoms with Gasteiger partial charge in [0.05, 0.1) is 27.3 Å². The van der Waals surface area contributed by atoms with Gasteiger partial charge in [0.25, 0.3) is 5.91 Å². The number of aromatic nitrogens is 2. The van der Waals surface area contributed by atoms with Crippen molar-refractivity contribution < 1.29 is 9.18 Å². The van der Waals surface area contributed by atoms with Crippen molar-refractivity contribution in [3.8, 4) is 0 Å². The van der Waals surface area contributed by atoms with Crippen molar-refractivity contribution in [1.82, 2.24) is 9.97 Å². The second-order valence-electron chi connectivity index (χ2n) is 5.84. The summed E-state index contributed by atoms with van der Waals surface area (Å²) in [6.45, 7) is 0.278. The molecule has 0 fully saturated rings. The van der Waals surface area contributed by atoms with Gasteiger partial charge in [0.1, 0.15) is 5.82 Å². The molecule has 0 bridgehead atoms. The van der Waals surface area contributed by atoms with Crippen LogP contribution in [0.3, 0.4) is 0 Å². The van der Waals surface area contributed by atoms with Crippen LogP contribution in [0.2, 0.25) is 5.02 Å². The first kappa shape index (κ1) is 17.6. The molecule has 4 rings (SSSR count). The summed E-state index contributed by atoms with van der Waals surface area (Å²) >= 11 is 7.48. The number of hydrogen-bond acceptors (Lipinski definition) is 4. The SMILES string of the molecule is O=C(c1ccccc1Cl)N(Cc1cccnc1)c1nc2ccc(F)cc2s1. The fourth-order valence-corrected chi connectivity index (χ4v) is 3.89. The van der Waals surface area contributed by atoms with E-state index in [0.29, 0.717) is 25.9 Å². The molecule has 0 unspecified atom stereocenters. The molecule has 4 aromatic rings. The normalized spacial score (nSPS) is 10.9. The molecule has 0 aliphatic carbocycles. The Labute approximate surface area is 163 Å². The Morgan fingerprint density at radius 2 is 2.00 bits per heavy atom. The first-order valence-electron chi connectivity index (χ1n) is 8.13. The Morgan fingerprint density at radius 1 is 1.15 bits per heavy atom. The number of benzene rings is 2. The van der Waals surface area contributed by atoms with Gasteiger partial charge < -0.3 is 0 Å². The van der Waals surface area contributed by atoms with Gasteiger partial charge in [0.15, 0.2) is 5.13 Å².